The van der Waals surface area contributed by atoms with E-state index in [2.05, 4.69) is 22.5 Å². The zero-order valence-corrected chi connectivity index (χ0v) is 16.1. The van der Waals surface area contributed by atoms with E-state index in [0.717, 1.165) is 18.7 Å². The average molecular weight is 360 g/mol. The number of carbonyl (C=O) groups is 2. The van der Waals surface area contributed by atoms with Crippen LogP contribution in [0.15, 0.2) is 29.6 Å². The van der Waals surface area contributed by atoms with Crippen molar-refractivity contribution in [3.8, 4) is 5.75 Å². The van der Waals surface area contributed by atoms with Crippen molar-refractivity contribution >= 4 is 17.4 Å². The van der Waals surface area contributed by atoms with Crippen molar-refractivity contribution in [2.45, 2.75) is 25.8 Å². The molecule has 0 aromatic heterocycles. The van der Waals surface area contributed by atoms with Gasteiger partial charge in [-0.25, -0.2) is 0 Å². The Morgan fingerprint density at radius 3 is 2.54 bits per heavy atom. The molecule has 1 unspecified atom stereocenters. The van der Waals surface area contributed by atoms with Crippen LogP contribution in [0.3, 0.4) is 0 Å². The van der Waals surface area contributed by atoms with Crippen LogP contribution in [0.2, 0.25) is 0 Å². The molecule has 0 radical (unpaired) electrons. The minimum absolute atomic E-state index is 0.0175. The molecule has 1 aliphatic carbocycles. The molecule has 142 valence electrons. The Bertz CT molecular complexity index is 725. The van der Waals surface area contributed by atoms with Gasteiger partial charge in [0.2, 0.25) is 0 Å². The Kier molecular flexibility index (Phi) is 6.26. The second-order valence-electron chi connectivity index (χ2n) is 7.12. The molecule has 1 amide bonds. The van der Waals surface area contributed by atoms with E-state index in [4.69, 9.17) is 0 Å². The molecule has 0 bridgehead atoms. The number of amides is 1. The molecule has 1 atom stereocenters. The van der Waals surface area contributed by atoms with Crippen LogP contribution in [-0.4, -0.2) is 67.4 Å². The van der Waals surface area contributed by atoms with Gasteiger partial charge in [-0.15, -0.1) is 0 Å². The maximum Gasteiger partial charge on any atom is 0.257 e. The molecule has 0 saturated heterocycles. The molecule has 0 fully saturated rings. The molecule has 2 rings (SSSR count). The highest BCUT2D eigenvalue weighted by molar-refractivity contribution is 6.07. The highest BCUT2D eigenvalue weighted by atomic mass is 16.3. The van der Waals surface area contributed by atoms with Crippen molar-refractivity contribution in [1.29, 1.82) is 0 Å². The number of allylic oxidation sites excluding steroid dienone is 2. The number of aromatic hydroxyl groups is 1. The fraction of sp³-hybridized carbons (Fsp3) is 0.474. The van der Waals surface area contributed by atoms with Crippen molar-refractivity contribution < 1.29 is 14.7 Å². The molecule has 1 aromatic carbocycles. The summed E-state index contributed by atoms with van der Waals surface area (Å²) in [6, 6.07) is 5.11. The number of carbonyl (C=O) groups excluding carboxylic acids is 2. The molecule has 1 aromatic rings. The summed E-state index contributed by atoms with van der Waals surface area (Å²) in [7, 11) is 7.29. The Hall–Kier alpha value is -2.54. The van der Waals surface area contributed by atoms with Crippen LogP contribution >= 0.6 is 0 Å². The lowest BCUT2D eigenvalue weighted by molar-refractivity contribution is -0.116. The second kappa shape index (κ2) is 8.23. The standard InChI is InChI=1S/C19H28N4O3/c1-12(9-10-22(2)3)20-15-11-16(24)17(15)21-14-8-6-7-13(18(14)25)19(26)23(4)5/h6-8,12,20-21,25H,9-11H2,1-5H3. The van der Waals surface area contributed by atoms with Crippen molar-refractivity contribution in [2.75, 3.05) is 40.1 Å². The molecule has 7 heteroatoms. The number of anilines is 1. The molecule has 0 spiro atoms. The van der Waals surface area contributed by atoms with Crippen molar-refractivity contribution in [1.82, 2.24) is 15.1 Å². The fourth-order valence-electron chi connectivity index (χ4n) is 2.68. The Balaban J connectivity index is 2.15. The summed E-state index contributed by atoms with van der Waals surface area (Å²) in [5, 5.41) is 16.8. The topological polar surface area (TPSA) is 84.9 Å². The number of nitrogens with zero attached hydrogens (tertiary/aromatic N) is 2. The number of hydrogen-bond donors (Lipinski definition) is 3. The number of hydrogen-bond acceptors (Lipinski definition) is 6. The van der Waals surface area contributed by atoms with Crippen LogP contribution in [0.5, 0.6) is 5.75 Å². The van der Waals surface area contributed by atoms with Gasteiger partial charge in [0.15, 0.2) is 11.5 Å². The molecule has 0 heterocycles. The summed E-state index contributed by atoms with van der Waals surface area (Å²) in [6.07, 6.45) is 1.31. The van der Waals surface area contributed by atoms with Gasteiger partial charge < -0.3 is 25.5 Å². The van der Waals surface area contributed by atoms with E-state index in [1.54, 1.807) is 32.3 Å². The number of Topliss-reactive ketones (excluding diaryl/α,β-unsaturated/α-hetero) is 1. The molecule has 0 aliphatic heterocycles. The molecule has 7 nitrogen and oxygen atoms in total. The second-order valence-corrected chi connectivity index (χ2v) is 7.12. The Morgan fingerprint density at radius 1 is 1.27 bits per heavy atom. The first-order valence-corrected chi connectivity index (χ1v) is 8.69. The lowest BCUT2D eigenvalue weighted by atomic mass is 9.97. The number of rotatable bonds is 8. The predicted molar refractivity (Wildman–Crippen MR) is 102 cm³/mol. The maximum atomic E-state index is 12.1. The van der Waals surface area contributed by atoms with Gasteiger partial charge in [0.1, 0.15) is 5.70 Å². The van der Waals surface area contributed by atoms with E-state index in [0.29, 0.717) is 17.8 Å². The highest BCUT2D eigenvalue weighted by Gasteiger charge is 2.29. The van der Waals surface area contributed by atoms with E-state index >= 15 is 0 Å². The first kappa shape index (κ1) is 19.8. The summed E-state index contributed by atoms with van der Waals surface area (Å²) in [5.41, 5.74) is 1.83. The molecule has 0 saturated carbocycles. The Labute approximate surface area is 154 Å². The van der Waals surface area contributed by atoms with Crippen LogP contribution in [0.25, 0.3) is 0 Å². The van der Waals surface area contributed by atoms with E-state index in [1.165, 1.54) is 4.90 Å². The largest absolute Gasteiger partial charge is 0.505 e. The third-order valence-corrected chi connectivity index (χ3v) is 4.28. The summed E-state index contributed by atoms with van der Waals surface area (Å²) in [6.45, 7) is 3.03. The number of phenols is 1. The molecular weight excluding hydrogens is 332 g/mol. The molecular formula is C19H28N4O3. The van der Waals surface area contributed by atoms with Crippen molar-refractivity contribution in [2.24, 2.45) is 0 Å². The quantitative estimate of drug-likeness (QED) is 0.611. The highest BCUT2D eigenvalue weighted by Crippen LogP contribution is 2.32. The zero-order chi connectivity index (χ0) is 19.4. The summed E-state index contributed by atoms with van der Waals surface area (Å²) < 4.78 is 0. The number of benzene rings is 1. The minimum atomic E-state index is -0.296. The Morgan fingerprint density at radius 2 is 1.96 bits per heavy atom. The first-order valence-electron chi connectivity index (χ1n) is 8.69. The van der Waals surface area contributed by atoms with Gasteiger partial charge in [-0.1, -0.05) is 6.07 Å². The summed E-state index contributed by atoms with van der Waals surface area (Å²) in [4.78, 5) is 27.6. The van der Waals surface area contributed by atoms with Gasteiger partial charge in [-0.3, -0.25) is 9.59 Å². The number of ketones is 1. The van der Waals surface area contributed by atoms with E-state index in [9.17, 15) is 14.7 Å². The SMILES string of the molecule is CC(CCN(C)C)NC1=C(Nc2cccc(C(=O)N(C)C)c2O)C(=O)C1. The minimum Gasteiger partial charge on any atom is -0.505 e. The van der Waals surface area contributed by atoms with Crippen LogP contribution in [-0.2, 0) is 4.79 Å². The zero-order valence-electron chi connectivity index (χ0n) is 16.1. The number of nitrogens with one attached hydrogen (secondary N) is 2. The van der Waals surface area contributed by atoms with E-state index in [-0.39, 0.29) is 29.0 Å². The van der Waals surface area contributed by atoms with Gasteiger partial charge in [0.25, 0.3) is 5.91 Å². The van der Waals surface area contributed by atoms with Crippen LogP contribution in [0.4, 0.5) is 5.69 Å². The van der Waals surface area contributed by atoms with Gasteiger partial charge in [-0.2, -0.15) is 0 Å². The third kappa shape index (κ3) is 4.54. The lowest BCUT2D eigenvalue weighted by Gasteiger charge is -2.28. The van der Waals surface area contributed by atoms with Crippen LogP contribution in [0, 0.1) is 0 Å². The van der Waals surface area contributed by atoms with Crippen molar-refractivity contribution in [3.63, 3.8) is 0 Å². The lowest BCUT2D eigenvalue weighted by Crippen LogP contribution is -2.38. The van der Waals surface area contributed by atoms with Crippen LogP contribution < -0.4 is 10.6 Å². The number of para-hydroxylation sites is 1. The average Bonchev–Trinajstić information content (AvgIpc) is 2.57. The smallest absolute Gasteiger partial charge is 0.257 e. The monoisotopic (exact) mass is 360 g/mol. The van der Waals surface area contributed by atoms with Gasteiger partial charge in [0.05, 0.1) is 17.7 Å². The molecule has 3 N–H and O–H groups in total. The van der Waals surface area contributed by atoms with Gasteiger partial charge in [-0.05, 0) is 46.1 Å². The van der Waals surface area contributed by atoms with Gasteiger partial charge >= 0.3 is 0 Å². The van der Waals surface area contributed by atoms with Gasteiger partial charge in [0, 0.05) is 25.8 Å². The fourth-order valence-corrected chi connectivity index (χ4v) is 2.68. The summed E-state index contributed by atoms with van der Waals surface area (Å²) in [5.74, 6) is -0.467. The van der Waals surface area contributed by atoms with E-state index < -0.39 is 0 Å². The number of phenolic OH excluding ortho intramolecular Hbond substituents is 1. The first-order chi connectivity index (χ1) is 12.2. The molecule has 1 aliphatic rings. The predicted octanol–water partition coefficient (Wildman–Crippen LogP) is 1.62. The van der Waals surface area contributed by atoms with E-state index in [1.807, 2.05) is 14.1 Å². The maximum absolute atomic E-state index is 12.1. The van der Waals surface area contributed by atoms with Crippen LogP contribution in [0.1, 0.15) is 30.1 Å². The third-order valence-electron chi connectivity index (χ3n) is 4.28. The normalized spacial score (nSPS) is 14.9. The molecule has 26 heavy (non-hydrogen) atoms. The summed E-state index contributed by atoms with van der Waals surface area (Å²) >= 11 is 0. The van der Waals surface area contributed by atoms with Crippen molar-refractivity contribution in [3.05, 3.63) is 35.2 Å².